The normalized spacial score (nSPS) is 18.8. The number of piperidine rings is 1. The third kappa shape index (κ3) is 4.21. The van der Waals surface area contributed by atoms with Gasteiger partial charge in [0.05, 0.1) is 16.7 Å². The largest absolute Gasteiger partial charge is 0.490 e. The molecule has 0 saturated carbocycles. The minimum Gasteiger partial charge on any atom is -0.490 e. The number of aromatic amines is 1. The number of hydrogen-bond acceptors (Lipinski definition) is 7. The monoisotopic (exact) mass is 498 g/mol. The van der Waals surface area contributed by atoms with Crippen LogP contribution in [0.5, 0.6) is 5.75 Å². The van der Waals surface area contributed by atoms with E-state index in [0.29, 0.717) is 79.8 Å². The lowest BCUT2D eigenvalue weighted by molar-refractivity contribution is -0.123. The van der Waals surface area contributed by atoms with E-state index in [1.165, 1.54) is 6.07 Å². The molecule has 2 aromatic rings. The molecular weight excluding hydrogens is 463 g/mol. The third-order valence-electron chi connectivity index (χ3n) is 7.45. The zero-order chi connectivity index (χ0) is 25.7. The number of nitrogens with zero attached hydrogens (tertiary/aromatic N) is 3. The second-order valence-corrected chi connectivity index (χ2v) is 11.0. The summed E-state index contributed by atoms with van der Waals surface area (Å²) in [6, 6.07) is 3.01. The van der Waals surface area contributed by atoms with Crippen LogP contribution in [0, 0.1) is 5.82 Å². The summed E-state index contributed by atoms with van der Waals surface area (Å²) < 4.78 is 21.3. The number of aromatic nitrogens is 2. The Morgan fingerprint density at radius 3 is 2.69 bits per heavy atom. The molecule has 36 heavy (non-hydrogen) atoms. The van der Waals surface area contributed by atoms with E-state index in [1.807, 2.05) is 4.90 Å². The summed E-state index contributed by atoms with van der Waals surface area (Å²) in [6.07, 6.45) is 2.46. The molecule has 10 heteroatoms. The van der Waals surface area contributed by atoms with Gasteiger partial charge in [0.1, 0.15) is 24.0 Å². The zero-order valence-corrected chi connectivity index (χ0v) is 21.5. The number of anilines is 3. The van der Waals surface area contributed by atoms with Crippen molar-refractivity contribution in [3.63, 3.8) is 0 Å². The van der Waals surface area contributed by atoms with E-state index in [0.717, 1.165) is 13.0 Å². The fourth-order valence-corrected chi connectivity index (χ4v) is 5.62. The zero-order valence-electron chi connectivity index (χ0n) is 21.5. The van der Waals surface area contributed by atoms with Crippen molar-refractivity contribution < 1.29 is 13.9 Å². The fraction of sp³-hybridized carbons (Fsp3) is 0.577. The molecule has 1 amide bonds. The lowest BCUT2D eigenvalue weighted by Crippen LogP contribution is -2.49. The van der Waals surface area contributed by atoms with E-state index in [-0.39, 0.29) is 22.8 Å². The summed E-state index contributed by atoms with van der Waals surface area (Å²) in [5.74, 6) is 1.14. The lowest BCUT2D eigenvalue weighted by Gasteiger charge is -2.38. The Labute approximate surface area is 210 Å². The van der Waals surface area contributed by atoms with Gasteiger partial charge in [-0.1, -0.05) is 0 Å². The molecule has 3 N–H and O–H groups in total. The minimum absolute atomic E-state index is 0.0356. The average molecular weight is 499 g/mol. The summed E-state index contributed by atoms with van der Waals surface area (Å²) in [7, 11) is 1.69. The molecule has 3 aliphatic heterocycles. The Balaban J connectivity index is 1.38. The minimum atomic E-state index is -0.958. The van der Waals surface area contributed by atoms with Crippen LogP contribution in [0.3, 0.4) is 0 Å². The maximum Gasteiger partial charge on any atom is 0.257 e. The third-order valence-corrected chi connectivity index (χ3v) is 7.45. The number of H-pyrrole nitrogens is 1. The molecule has 3 aliphatic rings. The number of carbonyl (C=O) groups excluding carboxylic acids is 1. The molecule has 4 heterocycles. The van der Waals surface area contributed by atoms with E-state index >= 15 is 4.39 Å². The first-order chi connectivity index (χ1) is 17.1. The summed E-state index contributed by atoms with van der Waals surface area (Å²) in [5.41, 5.74) is 0.510. The van der Waals surface area contributed by atoms with Gasteiger partial charge in [-0.05, 0) is 58.6 Å². The van der Waals surface area contributed by atoms with Gasteiger partial charge in [-0.15, -0.1) is 0 Å². The van der Waals surface area contributed by atoms with Gasteiger partial charge in [0, 0.05) is 44.3 Å². The van der Waals surface area contributed by atoms with Crippen molar-refractivity contribution in [2.75, 3.05) is 55.0 Å². The van der Waals surface area contributed by atoms with E-state index in [2.05, 4.69) is 41.4 Å². The van der Waals surface area contributed by atoms with Crippen LogP contribution in [0.2, 0.25) is 0 Å². The second kappa shape index (κ2) is 9.06. The quantitative estimate of drug-likeness (QED) is 0.545. The Kier molecular flexibility index (Phi) is 6.18. The molecule has 0 bridgehead atoms. The first-order valence-electron chi connectivity index (χ1n) is 12.7. The molecule has 0 radical (unpaired) electrons. The van der Waals surface area contributed by atoms with Crippen molar-refractivity contribution >= 4 is 23.4 Å². The first-order valence-corrected chi connectivity index (χ1v) is 12.7. The van der Waals surface area contributed by atoms with Gasteiger partial charge in [0.25, 0.3) is 5.56 Å². The molecular formula is C26H35FN6O3. The molecule has 1 aromatic heterocycles. The summed E-state index contributed by atoms with van der Waals surface area (Å²) in [6.45, 7) is 9.02. The van der Waals surface area contributed by atoms with Crippen LogP contribution >= 0.6 is 0 Å². The molecule has 1 spiro atoms. The summed E-state index contributed by atoms with van der Waals surface area (Å²) in [5, 5.41) is 6.58. The van der Waals surface area contributed by atoms with E-state index in [1.54, 1.807) is 18.0 Å². The van der Waals surface area contributed by atoms with Crippen LogP contribution in [0.15, 0.2) is 16.9 Å². The Morgan fingerprint density at radius 2 is 1.97 bits per heavy atom. The highest BCUT2D eigenvalue weighted by Crippen LogP contribution is 2.52. The molecule has 1 saturated heterocycles. The highest BCUT2D eigenvalue weighted by Gasteiger charge is 2.54. The molecule has 194 valence electrons. The van der Waals surface area contributed by atoms with Crippen molar-refractivity contribution in [2.45, 2.75) is 57.4 Å². The number of ether oxygens (including phenoxy) is 1. The van der Waals surface area contributed by atoms with E-state index in [4.69, 9.17) is 4.74 Å². The number of rotatable bonds is 5. The standard InChI is InChI=1S/C26H35FN6O3/c1-25(2,3)29-12-15-36-18-8-7-17(27)19-20(18)32(4)23(35)26(19)9-13-33(14-10-26)24-30-21-16(22(34)31-24)6-5-11-28-21/h7-8,29H,5-6,9-15H2,1-4H3,(H2,28,30,31,34). The van der Waals surface area contributed by atoms with Crippen molar-refractivity contribution in [3.05, 3.63) is 39.4 Å². The number of carbonyl (C=O) groups is 1. The maximum absolute atomic E-state index is 15.3. The second-order valence-electron chi connectivity index (χ2n) is 11.0. The van der Waals surface area contributed by atoms with Gasteiger partial charge in [-0.3, -0.25) is 14.6 Å². The van der Waals surface area contributed by atoms with Gasteiger partial charge < -0.3 is 25.2 Å². The fourth-order valence-electron chi connectivity index (χ4n) is 5.62. The topological polar surface area (TPSA) is 103 Å². The molecule has 1 aromatic carbocycles. The molecule has 5 rings (SSSR count). The molecule has 0 aliphatic carbocycles. The number of likely N-dealkylation sites (N-methyl/N-ethyl adjacent to an activating group) is 1. The van der Waals surface area contributed by atoms with Crippen LogP contribution in [0.4, 0.5) is 21.8 Å². The first kappa shape index (κ1) is 24.5. The summed E-state index contributed by atoms with van der Waals surface area (Å²) in [4.78, 5) is 37.2. The average Bonchev–Trinajstić information content (AvgIpc) is 3.06. The van der Waals surface area contributed by atoms with Crippen molar-refractivity contribution in [1.29, 1.82) is 0 Å². The molecule has 0 atom stereocenters. The SMILES string of the molecule is CN1C(=O)C2(CCN(c3nc4c(c(=O)[nH]3)CCCN4)CC2)c2c(F)ccc(OCCNC(C)(C)C)c21. The van der Waals surface area contributed by atoms with Gasteiger partial charge in [-0.25, -0.2) is 4.39 Å². The molecule has 9 nitrogen and oxygen atoms in total. The Bertz CT molecular complexity index is 1230. The lowest BCUT2D eigenvalue weighted by atomic mass is 9.73. The highest BCUT2D eigenvalue weighted by atomic mass is 19.1. The van der Waals surface area contributed by atoms with Gasteiger partial charge in [-0.2, -0.15) is 4.98 Å². The Hall–Kier alpha value is -3.14. The number of nitrogens with one attached hydrogen (secondary N) is 3. The number of benzene rings is 1. The molecule has 0 unspecified atom stereocenters. The summed E-state index contributed by atoms with van der Waals surface area (Å²) >= 11 is 0. The van der Waals surface area contributed by atoms with E-state index < -0.39 is 5.41 Å². The predicted octanol–water partition coefficient (Wildman–Crippen LogP) is 2.55. The smallest absolute Gasteiger partial charge is 0.257 e. The predicted molar refractivity (Wildman–Crippen MR) is 138 cm³/mol. The Morgan fingerprint density at radius 1 is 1.22 bits per heavy atom. The van der Waals surface area contributed by atoms with Crippen molar-refractivity contribution in [3.8, 4) is 5.75 Å². The van der Waals surface area contributed by atoms with Gasteiger partial charge >= 0.3 is 0 Å². The van der Waals surface area contributed by atoms with Crippen molar-refractivity contribution in [1.82, 2.24) is 15.3 Å². The highest BCUT2D eigenvalue weighted by molar-refractivity contribution is 6.09. The van der Waals surface area contributed by atoms with Crippen molar-refractivity contribution in [2.24, 2.45) is 0 Å². The van der Waals surface area contributed by atoms with Crippen LogP contribution in [0.1, 0.15) is 51.2 Å². The number of halogens is 1. The number of amides is 1. The maximum atomic E-state index is 15.3. The number of fused-ring (bicyclic) bond motifs is 3. The van der Waals surface area contributed by atoms with Crippen LogP contribution < -0.4 is 30.7 Å². The van der Waals surface area contributed by atoms with Crippen LogP contribution in [0.25, 0.3) is 0 Å². The van der Waals surface area contributed by atoms with Gasteiger partial charge in [0.15, 0.2) is 0 Å². The number of hydrogen-bond donors (Lipinski definition) is 3. The van der Waals surface area contributed by atoms with Crippen LogP contribution in [-0.4, -0.2) is 61.2 Å². The van der Waals surface area contributed by atoms with Crippen LogP contribution in [-0.2, 0) is 16.6 Å². The molecule has 1 fully saturated rings. The van der Waals surface area contributed by atoms with E-state index in [9.17, 15) is 9.59 Å². The van der Waals surface area contributed by atoms with Gasteiger partial charge in [0.2, 0.25) is 11.9 Å².